The van der Waals surface area contributed by atoms with Gasteiger partial charge in [0.1, 0.15) is 5.52 Å². The number of carbonyl (C=O) groups is 2. The van der Waals surface area contributed by atoms with Gasteiger partial charge in [0.25, 0.3) is 5.56 Å². The average Bonchev–Trinajstić information content (AvgIpc) is 2.96. The quantitative estimate of drug-likeness (QED) is 0.556. The van der Waals surface area contributed by atoms with Gasteiger partial charge in [0.2, 0.25) is 11.8 Å². The molecule has 3 aromatic rings. The molecule has 142 valence electrons. The molecule has 0 fully saturated rings. The minimum Gasteiger partial charge on any atom is -0.354 e. The lowest BCUT2D eigenvalue weighted by molar-refractivity contribution is -0.121. The van der Waals surface area contributed by atoms with Crippen molar-refractivity contribution in [1.29, 1.82) is 0 Å². The molecule has 0 aliphatic rings. The normalized spacial score (nSPS) is 11.5. The summed E-state index contributed by atoms with van der Waals surface area (Å²) in [6.45, 7) is 7.44. The molecule has 2 aromatic heterocycles. The Labute approximate surface area is 156 Å². The van der Waals surface area contributed by atoms with Crippen molar-refractivity contribution in [2.75, 3.05) is 5.32 Å². The Morgan fingerprint density at radius 1 is 1.15 bits per heavy atom. The fourth-order valence-corrected chi connectivity index (χ4v) is 3.04. The zero-order valence-electron chi connectivity index (χ0n) is 15.9. The number of anilines is 1. The average molecular weight is 368 g/mol. The number of fused-ring (bicyclic) bond motifs is 3. The molecule has 3 rings (SSSR count). The molecule has 27 heavy (non-hydrogen) atoms. The molecule has 0 radical (unpaired) electrons. The molecule has 0 saturated heterocycles. The predicted molar refractivity (Wildman–Crippen MR) is 107 cm³/mol. The van der Waals surface area contributed by atoms with Gasteiger partial charge in [-0.15, -0.1) is 0 Å². The molecule has 0 aliphatic carbocycles. The standard InChI is InChI=1S/C20H24N4O3/c1-10(2)19(26)23-13-5-6-15-14(8-13)17-12(7-16(25)22-11(3)4)9-21-20(27)18(17)24-15/h5-6,8-11,24H,7H2,1-4H3,(H,21,27)(H,22,25)(H,23,26). The number of hydrogen-bond donors (Lipinski definition) is 4. The van der Waals surface area contributed by atoms with Gasteiger partial charge >= 0.3 is 0 Å². The second-order valence-electron chi connectivity index (χ2n) is 7.32. The van der Waals surface area contributed by atoms with Crippen LogP contribution in [0.15, 0.2) is 29.2 Å². The van der Waals surface area contributed by atoms with Crippen molar-refractivity contribution in [3.63, 3.8) is 0 Å². The highest BCUT2D eigenvalue weighted by atomic mass is 16.2. The summed E-state index contributed by atoms with van der Waals surface area (Å²) >= 11 is 0. The number of amides is 2. The van der Waals surface area contributed by atoms with Gasteiger partial charge in [-0.2, -0.15) is 0 Å². The van der Waals surface area contributed by atoms with Crippen LogP contribution >= 0.6 is 0 Å². The third kappa shape index (κ3) is 3.86. The molecule has 0 saturated carbocycles. The van der Waals surface area contributed by atoms with Gasteiger partial charge in [0.15, 0.2) is 0 Å². The first kappa shape index (κ1) is 18.7. The summed E-state index contributed by atoms with van der Waals surface area (Å²) in [5.74, 6) is -0.331. The Morgan fingerprint density at radius 3 is 2.56 bits per heavy atom. The van der Waals surface area contributed by atoms with Gasteiger partial charge in [-0.1, -0.05) is 13.8 Å². The Balaban J connectivity index is 2.11. The van der Waals surface area contributed by atoms with Crippen LogP contribution in [-0.4, -0.2) is 27.8 Å². The van der Waals surface area contributed by atoms with E-state index in [2.05, 4.69) is 20.6 Å². The highest BCUT2D eigenvalue weighted by Crippen LogP contribution is 2.29. The van der Waals surface area contributed by atoms with E-state index in [-0.39, 0.29) is 35.8 Å². The van der Waals surface area contributed by atoms with Gasteiger partial charge < -0.3 is 20.6 Å². The summed E-state index contributed by atoms with van der Waals surface area (Å²) < 4.78 is 0. The Bertz CT molecular complexity index is 1080. The lowest BCUT2D eigenvalue weighted by atomic mass is 10.1. The molecular formula is C20H24N4O3. The van der Waals surface area contributed by atoms with Crippen molar-refractivity contribution in [2.45, 2.75) is 40.2 Å². The van der Waals surface area contributed by atoms with E-state index in [9.17, 15) is 14.4 Å². The second-order valence-corrected chi connectivity index (χ2v) is 7.32. The van der Waals surface area contributed by atoms with E-state index in [1.807, 2.05) is 39.8 Å². The molecule has 1 aromatic carbocycles. The number of pyridine rings is 1. The van der Waals surface area contributed by atoms with Crippen LogP contribution in [-0.2, 0) is 16.0 Å². The van der Waals surface area contributed by atoms with Crippen LogP contribution in [0, 0.1) is 5.92 Å². The highest BCUT2D eigenvalue weighted by molar-refractivity contribution is 6.11. The summed E-state index contributed by atoms with van der Waals surface area (Å²) in [6, 6.07) is 5.48. The highest BCUT2D eigenvalue weighted by Gasteiger charge is 2.16. The van der Waals surface area contributed by atoms with Gasteiger partial charge in [0, 0.05) is 40.1 Å². The van der Waals surface area contributed by atoms with Crippen molar-refractivity contribution in [3.05, 3.63) is 40.3 Å². The summed E-state index contributed by atoms with van der Waals surface area (Å²) in [5, 5.41) is 7.23. The van der Waals surface area contributed by atoms with Gasteiger partial charge in [-0.25, -0.2) is 0 Å². The Hall–Kier alpha value is -3.09. The minimum absolute atomic E-state index is 0.0385. The smallest absolute Gasteiger partial charge is 0.272 e. The van der Waals surface area contributed by atoms with Crippen LogP contribution in [0.3, 0.4) is 0 Å². The fourth-order valence-electron chi connectivity index (χ4n) is 3.04. The summed E-state index contributed by atoms with van der Waals surface area (Å²) in [5.41, 5.74) is 2.32. The first-order chi connectivity index (χ1) is 12.8. The zero-order chi connectivity index (χ0) is 19.7. The Morgan fingerprint density at radius 2 is 1.89 bits per heavy atom. The van der Waals surface area contributed by atoms with Crippen molar-refractivity contribution < 1.29 is 9.59 Å². The number of nitrogens with one attached hydrogen (secondary N) is 4. The molecule has 0 aliphatic heterocycles. The molecule has 2 heterocycles. The number of hydrogen-bond acceptors (Lipinski definition) is 3. The summed E-state index contributed by atoms with van der Waals surface area (Å²) in [6.07, 6.45) is 1.73. The van der Waals surface area contributed by atoms with E-state index in [4.69, 9.17) is 0 Å². The van der Waals surface area contributed by atoms with Gasteiger partial charge in [0.05, 0.1) is 6.42 Å². The molecule has 7 heteroatoms. The molecule has 7 nitrogen and oxygen atoms in total. The van der Waals surface area contributed by atoms with Crippen molar-refractivity contribution >= 4 is 39.3 Å². The van der Waals surface area contributed by atoms with Crippen molar-refractivity contribution in [2.24, 2.45) is 5.92 Å². The molecule has 0 bridgehead atoms. The second kappa shape index (κ2) is 7.26. The molecule has 0 unspecified atom stereocenters. The third-order valence-corrected chi connectivity index (χ3v) is 4.32. The number of aromatic amines is 2. The van der Waals surface area contributed by atoms with Crippen molar-refractivity contribution in [3.8, 4) is 0 Å². The number of rotatable bonds is 5. The summed E-state index contributed by atoms with van der Waals surface area (Å²) in [7, 11) is 0. The van der Waals surface area contributed by atoms with Crippen LogP contribution in [0.4, 0.5) is 5.69 Å². The minimum atomic E-state index is -0.248. The van der Waals surface area contributed by atoms with Crippen LogP contribution in [0.1, 0.15) is 33.3 Å². The van der Waals surface area contributed by atoms with Gasteiger partial charge in [-0.3, -0.25) is 14.4 Å². The third-order valence-electron chi connectivity index (χ3n) is 4.32. The molecule has 0 spiro atoms. The largest absolute Gasteiger partial charge is 0.354 e. The first-order valence-corrected chi connectivity index (χ1v) is 9.02. The maximum Gasteiger partial charge on any atom is 0.272 e. The van der Waals surface area contributed by atoms with Crippen LogP contribution < -0.4 is 16.2 Å². The lowest BCUT2D eigenvalue weighted by Gasteiger charge is -2.10. The Kier molecular flexibility index (Phi) is 5.03. The number of benzene rings is 1. The predicted octanol–water partition coefficient (Wildman–Crippen LogP) is 2.67. The van der Waals surface area contributed by atoms with E-state index in [1.165, 1.54) is 0 Å². The monoisotopic (exact) mass is 368 g/mol. The topological polar surface area (TPSA) is 107 Å². The number of carbonyl (C=O) groups excluding carboxylic acids is 2. The molecule has 2 amide bonds. The maximum atomic E-state index is 12.3. The van der Waals surface area contributed by atoms with E-state index >= 15 is 0 Å². The fraction of sp³-hybridized carbons (Fsp3) is 0.350. The zero-order valence-corrected chi connectivity index (χ0v) is 15.9. The van der Waals surface area contributed by atoms with Crippen LogP contribution in [0.5, 0.6) is 0 Å². The van der Waals surface area contributed by atoms with E-state index in [1.54, 1.807) is 12.3 Å². The molecular weight excluding hydrogens is 344 g/mol. The molecule has 4 N–H and O–H groups in total. The van der Waals surface area contributed by atoms with E-state index in [0.717, 1.165) is 16.5 Å². The van der Waals surface area contributed by atoms with E-state index < -0.39 is 0 Å². The van der Waals surface area contributed by atoms with Crippen LogP contribution in [0.2, 0.25) is 0 Å². The maximum absolute atomic E-state index is 12.3. The first-order valence-electron chi connectivity index (χ1n) is 9.02. The summed E-state index contributed by atoms with van der Waals surface area (Å²) in [4.78, 5) is 42.3. The number of H-pyrrole nitrogens is 2. The molecule has 0 atom stereocenters. The number of aromatic nitrogens is 2. The lowest BCUT2D eigenvalue weighted by Crippen LogP contribution is -2.31. The SMILES string of the molecule is CC(C)NC(=O)Cc1c[nH]c(=O)c2[nH]c3ccc(NC(=O)C(C)C)cc3c12. The van der Waals surface area contributed by atoms with Crippen molar-refractivity contribution in [1.82, 2.24) is 15.3 Å². The van der Waals surface area contributed by atoms with Crippen LogP contribution in [0.25, 0.3) is 21.8 Å². The van der Waals surface area contributed by atoms with E-state index in [0.29, 0.717) is 16.6 Å². The van der Waals surface area contributed by atoms with Gasteiger partial charge in [-0.05, 0) is 37.6 Å².